The molecule has 3 rings (SSSR count). The Morgan fingerprint density at radius 1 is 1.11 bits per heavy atom. The van der Waals surface area contributed by atoms with Gasteiger partial charge in [-0.25, -0.2) is 0 Å². The van der Waals surface area contributed by atoms with Crippen LogP contribution >= 0.6 is 0 Å². The van der Waals surface area contributed by atoms with E-state index in [4.69, 9.17) is 5.73 Å². The molecule has 0 aromatic heterocycles. The topological polar surface area (TPSA) is 29.3 Å². The molecule has 18 heavy (non-hydrogen) atoms. The zero-order valence-electron chi connectivity index (χ0n) is 11.1. The van der Waals surface area contributed by atoms with E-state index in [-0.39, 0.29) is 0 Å². The van der Waals surface area contributed by atoms with E-state index in [2.05, 4.69) is 29.2 Å². The minimum absolute atomic E-state index is 0.749. The molecule has 0 bridgehead atoms. The molecule has 1 aromatic rings. The van der Waals surface area contributed by atoms with Gasteiger partial charge in [-0.05, 0) is 56.2 Å². The summed E-state index contributed by atoms with van der Waals surface area (Å²) in [6, 6.07) is 9.67. The fourth-order valence-corrected chi connectivity index (χ4v) is 3.91. The number of hydrogen-bond donors (Lipinski definition) is 1. The molecule has 98 valence electrons. The molecule has 0 amide bonds. The number of benzene rings is 1. The Morgan fingerprint density at radius 3 is 2.83 bits per heavy atom. The van der Waals surface area contributed by atoms with E-state index >= 15 is 0 Å². The number of piperidine rings is 1. The Morgan fingerprint density at radius 2 is 1.94 bits per heavy atom. The molecule has 1 aliphatic heterocycles. The van der Waals surface area contributed by atoms with E-state index in [1.807, 2.05) is 0 Å². The van der Waals surface area contributed by atoms with Crippen LogP contribution in [0.2, 0.25) is 0 Å². The molecule has 0 spiro atoms. The second-order valence-corrected chi connectivity index (χ2v) is 5.76. The van der Waals surface area contributed by atoms with Crippen LogP contribution in [0.4, 0.5) is 5.69 Å². The number of rotatable bonds is 3. The van der Waals surface area contributed by atoms with Gasteiger partial charge in [0.05, 0.1) is 0 Å². The molecule has 1 saturated carbocycles. The van der Waals surface area contributed by atoms with Crippen molar-refractivity contribution >= 4 is 5.69 Å². The third-order valence-electron chi connectivity index (χ3n) is 4.71. The van der Waals surface area contributed by atoms with Gasteiger partial charge >= 0.3 is 0 Å². The lowest BCUT2D eigenvalue weighted by atomic mass is 9.91. The Balaban J connectivity index is 1.88. The average molecular weight is 244 g/mol. The number of para-hydroxylation sites is 1. The summed E-state index contributed by atoms with van der Waals surface area (Å²) in [6.45, 7) is 1.99. The number of nitrogens with zero attached hydrogens (tertiary/aromatic N) is 1. The lowest BCUT2D eigenvalue weighted by Crippen LogP contribution is -2.43. The van der Waals surface area contributed by atoms with Crippen LogP contribution in [-0.4, -0.2) is 19.1 Å². The molecule has 2 heteroatoms. The van der Waals surface area contributed by atoms with E-state index in [9.17, 15) is 0 Å². The minimum atomic E-state index is 0.749. The van der Waals surface area contributed by atoms with E-state index in [1.165, 1.54) is 49.9 Å². The van der Waals surface area contributed by atoms with Crippen LogP contribution < -0.4 is 10.6 Å². The van der Waals surface area contributed by atoms with Crippen molar-refractivity contribution in [2.24, 2.45) is 11.7 Å². The maximum atomic E-state index is 5.75. The fraction of sp³-hybridized carbons (Fsp3) is 0.625. The molecule has 2 atom stereocenters. The molecule has 1 aromatic carbocycles. The van der Waals surface area contributed by atoms with E-state index in [1.54, 1.807) is 0 Å². The highest BCUT2D eigenvalue weighted by Crippen LogP contribution is 2.40. The molecule has 1 heterocycles. The van der Waals surface area contributed by atoms with Crippen molar-refractivity contribution < 1.29 is 0 Å². The first-order valence-corrected chi connectivity index (χ1v) is 7.45. The van der Waals surface area contributed by atoms with Gasteiger partial charge in [0.15, 0.2) is 0 Å². The molecule has 1 aliphatic carbocycles. The van der Waals surface area contributed by atoms with Crippen LogP contribution in [-0.2, 0) is 6.42 Å². The maximum Gasteiger partial charge on any atom is 0.0401 e. The maximum absolute atomic E-state index is 5.75. The highest BCUT2D eigenvalue weighted by molar-refractivity contribution is 5.55. The molecule has 2 N–H and O–H groups in total. The third kappa shape index (κ3) is 2.14. The van der Waals surface area contributed by atoms with Gasteiger partial charge in [-0.3, -0.25) is 0 Å². The first-order valence-electron chi connectivity index (χ1n) is 7.45. The Bertz CT molecular complexity index is 402. The summed E-state index contributed by atoms with van der Waals surface area (Å²) >= 11 is 0. The summed E-state index contributed by atoms with van der Waals surface area (Å²) in [5, 5.41) is 0. The van der Waals surface area contributed by atoms with Gasteiger partial charge in [0.2, 0.25) is 0 Å². The second kappa shape index (κ2) is 5.31. The lowest BCUT2D eigenvalue weighted by Gasteiger charge is -2.40. The van der Waals surface area contributed by atoms with Crippen LogP contribution in [0.1, 0.15) is 37.7 Å². The molecule has 2 aliphatic rings. The van der Waals surface area contributed by atoms with Gasteiger partial charge in [-0.2, -0.15) is 0 Å². The second-order valence-electron chi connectivity index (χ2n) is 5.76. The average Bonchev–Trinajstić information content (AvgIpc) is 2.88. The van der Waals surface area contributed by atoms with Gasteiger partial charge < -0.3 is 10.6 Å². The van der Waals surface area contributed by atoms with Crippen LogP contribution in [0.5, 0.6) is 0 Å². The number of fused-ring (bicyclic) bond motifs is 1. The van der Waals surface area contributed by atoms with Gasteiger partial charge in [-0.1, -0.05) is 24.6 Å². The summed E-state index contributed by atoms with van der Waals surface area (Å²) in [5.41, 5.74) is 8.64. The number of anilines is 1. The predicted molar refractivity (Wildman–Crippen MR) is 76.9 cm³/mol. The third-order valence-corrected chi connectivity index (χ3v) is 4.71. The van der Waals surface area contributed by atoms with Crippen LogP contribution in [0.25, 0.3) is 0 Å². The zero-order chi connectivity index (χ0) is 12.4. The standard InChI is InChI=1S/C16H24N2/c17-11-10-14-5-1-2-8-15(14)18-12-4-7-13-6-3-9-16(13)18/h1-2,5,8,13,16H,3-4,6-7,9-12,17H2. The highest BCUT2D eigenvalue weighted by atomic mass is 15.2. The van der Waals surface area contributed by atoms with Gasteiger partial charge in [0.1, 0.15) is 0 Å². The molecular formula is C16H24N2. The van der Waals surface area contributed by atoms with Crippen molar-refractivity contribution in [3.05, 3.63) is 29.8 Å². The Kier molecular flexibility index (Phi) is 3.55. The first-order chi connectivity index (χ1) is 8.90. The fourth-order valence-electron chi connectivity index (χ4n) is 3.91. The number of nitrogens with two attached hydrogens (primary N) is 1. The Hall–Kier alpha value is -1.02. The van der Waals surface area contributed by atoms with Crippen molar-refractivity contribution in [2.45, 2.75) is 44.6 Å². The van der Waals surface area contributed by atoms with Crippen molar-refractivity contribution in [1.82, 2.24) is 0 Å². The molecule has 1 saturated heterocycles. The van der Waals surface area contributed by atoms with Gasteiger partial charge in [0.25, 0.3) is 0 Å². The monoisotopic (exact) mass is 244 g/mol. The van der Waals surface area contributed by atoms with E-state index in [0.29, 0.717) is 0 Å². The minimum Gasteiger partial charge on any atom is -0.368 e. The molecule has 2 fully saturated rings. The summed E-state index contributed by atoms with van der Waals surface area (Å²) < 4.78 is 0. The smallest absolute Gasteiger partial charge is 0.0401 e. The SMILES string of the molecule is NCCc1ccccc1N1CCCC2CCCC21. The van der Waals surface area contributed by atoms with Crippen molar-refractivity contribution in [1.29, 1.82) is 0 Å². The Labute approximate surface area is 110 Å². The molecule has 2 unspecified atom stereocenters. The summed E-state index contributed by atoms with van der Waals surface area (Å²) in [4.78, 5) is 2.69. The lowest BCUT2D eigenvalue weighted by molar-refractivity contribution is 0.362. The van der Waals surface area contributed by atoms with Crippen molar-refractivity contribution in [3.63, 3.8) is 0 Å². The molecule has 0 radical (unpaired) electrons. The van der Waals surface area contributed by atoms with E-state index in [0.717, 1.165) is 24.9 Å². The van der Waals surface area contributed by atoms with Crippen molar-refractivity contribution in [2.75, 3.05) is 18.0 Å². The van der Waals surface area contributed by atoms with Crippen LogP contribution in [0.3, 0.4) is 0 Å². The van der Waals surface area contributed by atoms with Gasteiger partial charge in [0, 0.05) is 18.3 Å². The quantitative estimate of drug-likeness (QED) is 0.885. The largest absolute Gasteiger partial charge is 0.368 e. The summed E-state index contributed by atoms with van der Waals surface area (Å²) in [5.74, 6) is 0.949. The zero-order valence-corrected chi connectivity index (χ0v) is 11.1. The highest BCUT2D eigenvalue weighted by Gasteiger charge is 2.35. The molecular weight excluding hydrogens is 220 g/mol. The van der Waals surface area contributed by atoms with E-state index < -0.39 is 0 Å². The normalized spacial score (nSPS) is 27.3. The predicted octanol–water partition coefficient (Wildman–Crippen LogP) is 2.96. The van der Waals surface area contributed by atoms with Crippen molar-refractivity contribution in [3.8, 4) is 0 Å². The van der Waals surface area contributed by atoms with Gasteiger partial charge in [-0.15, -0.1) is 0 Å². The van der Waals surface area contributed by atoms with Crippen LogP contribution in [0.15, 0.2) is 24.3 Å². The molecule has 2 nitrogen and oxygen atoms in total. The summed E-state index contributed by atoms with van der Waals surface area (Å²) in [6.07, 6.45) is 8.06. The van der Waals surface area contributed by atoms with Crippen LogP contribution in [0, 0.1) is 5.92 Å². The number of hydrogen-bond acceptors (Lipinski definition) is 2. The summed E-state index contributed by atoms with van der Waals surface area (Å²) in [7, 11) is 0. The first kappa shape index (κ1) is 12.0.